The van der Waals surface area contributed by atoms with Gasteiger partial charge < -0.3 is 10.2 Å². The van der Waals surface area contributed by atoms with Gasteiger partial charge in [0.15, 0.2) is 11.5 Å². The summed E-state index contributed by atoms with van der Waals surface area (Å²) in [6.07, 6.45) is 0. The lowest BCUT2D eigenvalue weighted by atomic mass is 10.2. The monoisotopic (exact) mass is 296 g/mol. The van der Waals surface area contributed by atoms with Crippen molar-refractivity contribution in [2.75, 3.05) is 0 Å². The molecule has 0 radical (unpaired) electrons. The third-order valence-corrected chi connectivity index (χ3v) is 3.04. The number of hydrogen-bond acceptors (Lipinski definition) is 5. The maximum atomic E-state index is 9.86. The van der Waals surface area contributed by atoms with Crippen molar-refractivity contribution < 1.29 is 10.2 Å². The third-order valence-electron chi connectivity index (χ3n) is 2.54. The van der Waals surface area contributed by atoms with Crippen LogP contribution in [0.1, 0.15) is 0 Å². The third kappa shape index (κ3) is 1.94. The van der Waals surface area contributed by atoms with Gasteiger partial charge in [0.05, 0.1) is 10.6 Å². The molecule has 0 fully saturated rings. The smallest absolute Gasteiger partial charge is 0.189 e. The van der Waals surface area contributed by atoms with E-state index in [1.165, 1.54) is 10.6 Å². The first-order valence-corrected chi connectivity index (χ1v) is 5.91. The summed E-state index contributed by atoms with van der Waals surface area (Å²) in [4.78, 5) is 0. The predicted octanol–water partition coefficient (Wildman–Crippen LogP) is 2.51. The van der Waals surface area contributed by atoms with Gasteiger partial charge in [0.2, 0.25) is 0 Å². The highest BCUT2D eigenvalue weighted by Crippen LogP contribution is 2.36. The maximum Gasteiger partial charge on any atom is 0.189 e. The van der Waals surface area contributed by atoms with Crippen molar-refractivity contribution in [3.63, 3.8) is 0 Å². The Morgan fingerprint density at radius 1 is 1.00 bits per heavy atom. The molecule has 19 heavy (non-hydrogen) atoms. The van der Waals surface area contributed by atoms with Gasteiger partial charge in [-0.25, -0.2) is 0 Å². The molecule has 0 atom stereocenters. The molecule has 8 heteroatoms. The largest absolute Gasteiger partial charge is 0.507 e. The molecule has 0 saturated carbocycles. The highest BCUT2D eigenvalue weighted by atomic mass is 35.5. The summed E-state index contributed by atoms with van der Waals surface area (Å²) in [5, 5.41) is 31.5. The fraction of sp³-hybridized carbons (Fsp3) is 0. The van der Waals surface area contributed by atoms with Gasteiger partial charge in [-0.1, -0.05) is 23.2 Å². The van der Waals surface area contributed by atoms with Crippen molar-refractivity contribution in [2.24, 2.45) is 0 Å². The fourth-order valence-electron chi connectivity index (χ4n) is 1.66. The molecule has 96 valence electrons. The van der Waals surface area contributed by atoms with Gasteiger partial charge in [0.25, 0.3) is 0 Å². The molecule has 2 heterocycles. The van der Waals surface area contributed by atoms with Crippen LogP contribution in [0.25, 0.3) is 17.0 Å². The number of phenols is 2. The van der Waals surface area contributed by atoms with E-state index < -0.39 is 0 Å². The van der Waals surface area contributed by atoms with Crippen LogP contribution in [-0.2, 0) is 0 Å². The quantitative estimate of drug-likeness (QED) is 0.721. The van der Waals surface area contributed by atoms with Crippen molar-refractivity contribution in [3.8, 4) is 22.9 Å². The Labute approximate surface area is 116 Å². The number of phenolic OH excluding ortho intramolecular Hbond substituents is 2. The lowest BCUT2D eigenvalue weighted by Crippen LogP contribution is -1.95. The Morgan fingerprint density at radius 2 is 1.79 bits per heavy atom. The van der Waals surface area contributed by atoms with Crippen molar-refractivity contribution >= 4 is 28.8 Å². The van der Waals surface area contributed by atoms with E-state index in [2.05, 4.69) is 15.3 Å². The summed E-state index contributed by atoms with van der Waals surface area (Å²) < 4.78 is 1.38. The molecule has 0 spiro atoms. The average Bonchev–Trinajstić information content (AvgIpc) is 2.76. The molecule has 0 bridgehead atoms. The number of aromatic hydroxyl groups is 2. The van der Waals surface area contributed by atoms with Gasteiger partial charge in [-0.05, 0) is 18.2 Å². The molecule has 1 aromatic carbocycles. The van der Waals surface area contributed by atoms with Crippen LogP contribution < -0.4 is 0 Å². The van der Waals surface area contributed by atoms with Gasteiger partial charge >= 0.3 is 0 Å². The van der Waals surface area contributed by atoms with E-state index in [4.69, 9.17) is 23.2 Å². The number of rotatable bonds is 1. The number of nitrogens with zero attached hydrogens (tertiary/aromatic N) is 4. The minimum Gasteiger partial charge on any atom is -0.507 e. The second kappa shape index (κ2) is 4.25. The zero-order chi connectivity index (χ0) is 13.6. The minimum atomic E-state index is -0.220. The van der Waals surface area contributed by atoms with E-state index in [1.54, 1.807) is 12.1 Å². The van der Waals surface area contributed by atoms with Gasteiger partial charge in [0.1, 0.15) is 16.7 Å². The summed E-state index contributed by atoms with van der Waals surface area (Å²) in [6, 6.07) is 5.73. The molecule has 2 aromatic heterocycles. The van der Waals surface area contributed by atoms with Crippen molar-refractivity contribution in [2.45, 2.75) is 0 Å². The first kappa shape index (κ1) is 12.0. The van der Waals surface area contributed by atoms with Gasteiger partial charge in [-0.15, -0.1) is 10.2 Å². The molecule has 0 aliphatic carbocycles. The Kier molecular flexibility index (Phi) is 2.69. The molecule has 2 N–H and O–H groups in total. The van der Waals surface area contributed by atoms with E-state index in [0.29, 0.717) is 11.2 Å². The van der Waals surface area contributed by atoms with E-state index in [-0.39, 0.29) is 27.5 Å². The van der Waals surface area contributed by atoms with E-state index in [1.807, 2.05) is 0 Å². The van der Waals surface area contributed by atoms with Crippen LogP contribution in [0.15, 0.2) is 24.3 Å². The second-order valence-electron chi connectivity index (χ2n) is 3.77. The number of aromatic nitrogens is 4. The summed E-state index contributed by atoms with van der Waals surface area (Å²) in [6.45, 7) is 0. The normalized spacial score (nSPS) is 11.1. The van der Waals surface area contributed by atoms with Crippen LogP contribution in [0.4, 0.5) is 0 Å². The number of halogens is 2. The van der Waals surface area contributed by atoms with Gasteiger partial charge in [-0.2, -0.15) is 9.61 Å². The SMILES string of the molecule is Oc1cc(O)c(-c2nnc3ccc(Cl)nn23)cc1Cl. The standard InChI is InChI=1S/C11H6Cl2N4O2/c12-6-3-5(7(18)4-8(6)19)11-15-14-10-2-1-9(13)16-17(10)11/h1-4,18-19H. The average molecular weight is 297 g/mol. The molecule has 3 aromatic rings. The van der Waals surface area contributed by atoms with Crippen molar-refractivity contribution in [3.05, 3.63) is 34.4 Å². The van der Waals surface area contributed by atoms with Crippen LogP contribution in [0.5, 0.6) is 11.5 Å². The summed E-state index contributed by atoms with van der Waals surface area (Å²) in [5.74, 6) is -0.127. The Bertz CT molecular complexity index is 788. The second-order valence-corrected chi connectivity index (χ2v) is 4.56. The predicted molar refractivity (Wildman–Crippen MR) is 69.6 cm³/mol. The van der Waals surface area contributed by atoms with Gasteiger partial charge in [0, 0.05) is 6.07 Å². The Balaban J connectivity index is 2.30. The maximum absolute atomic E-state index is 9.86. The highest BCUT2D eigenvalue weighted by molar-refractivity contribution is 6.32. The highest BCUT2D eigenvalue weighted by Gasteiger charge is 2.16. The van der Waals surface area contributed by atoms with Crippen LogP contribution in [0, 0.1) is 0 Å². The number of benzene rings is 1. The molecule has 6 nitrogen and oxygen atoms in total. The lowest BCUT2D eigenvalue weighted by molar-refractivity contribution is 0.451. The molecule has 0 aliphatic heterocycles. The zero-order valence-electron chi connectivity index (χ0n) is 9.25. The fourth-order valence-corrected chi connectivity index (χ4v) is 1.97. The van der Waals surface area contributed by atoms with E-state index >= 15 is 0 Å². The summed E-state index contributed by atoms with van der Waals surface area (Å²) in [5.41, 5.74) is 0.771. The molecular formula is C11H6Cl2N4O2. The van der Waals surface area contributed by atoms with Crippen LogP contribution >= 0.6 is 23.2 Å². The van der Waals surface area contributed by atoms with Crippen molar-refractivity contribution in [1.82, 2.24) is 19.8 Å². The molecule has 0 saturated heterocycles. The summed E-state index contributed by atoms with van der Waals surface area (Å²) in [7, 11) is 0. The molecule has 0 amide bonds. The molecule has 0 aliphatic rings. The summed E-state index contributed by atoms with van der Waals surface area (Å²) >= 11 is 11.6. The van der Waals surface area contributed by atoms with Gasteiger partial charge in [-0.3, -0.25) is 0 Å². The first-order valence-electron chi connectivity index (χ1n) is 5.16. The molecule has 3 rings (SSSR count). The van der Waals surface area contributed by atoms with Crippen molar-refractivity contribution in [1.29, 1.82) is 0 Å². The van der Waals surface area contributed by atoms with E-state index in [0.717, 1.165) is 6.07 Å². The van der Waals surface area contributed by atoms with E-state index in [9.17, 15) is 10.2 Å². The minimum absolute atomic E-state index is 0.0894. The molecule has 0 unspecified atom stereocenters. The lowest BCUT2D eigenvalue weighted by Gasteiger charge is -2.04. The Morgan fingerprint density at radius 3 is 2.58 bits per heavy atom. The van der Waals surface area contributed by atoms with Crippen LogP contribution in [0.3, 0.4) is 0 Å². The zero-order valence-corrected chi connectivity index (χ0v) is 10.8. The first-order chi connectivity index (χ1) is 9.06. The number of hydrogen-bond donors (Lipinski definition) is 2. The van der Waals surface area contributed by atoms with Crippen LogP contribution in [-0.4, -0.2) is 30.0 Å². The number of fused-ring (bicyclic) bond motifs is 1. The molecular weight excluding hydrogens is 291 g/mol. The Hall–Kier alpha value is -2.05. The van der Waals surface area contributed by atoms with Crippen LogP contribution in [0.2, 0.25) is 10.2 Å². The topological polar surface area (TPSA) is 83.5 Å².